The first-order chi connectivity index (χ1) is 28.0. The van der Waals surface area contributed by atoms with Crippen molar-refractivity contribution < 1.29 is 4.42 Å². The highest BCUT2D eigenvalue weighted by molar-refractivity contribution is 6.20. The molecule has 1 heterocycles. The SMILES string of the molecule is CC1(C)c2ccccc2-c2ccc(N(c3ccc(-c4ccccc4)cc3)c3cc4c5cc(-c6ccccc6)c(-c6ccccc6)cc5oc4c4ccccc34)cc21. The van der Waals surface area contributed by atoms with Gasteiger partial charge in [0, 0.05) is 38.3 Å². The molecule has 0 saturated heterocycles. The molecule has 270 valence electrons. The van der Waals surface area contributed by atoms with Crippen LogP contribution in [0.25, 0.3) is 77.2 Å². The molecule has 0 unspecified atom stereocenters. The van der Waals surface area contributed by atoms with E-state index in [1.165, 1.54) is 44.5 Å². The maximum absolute atomic E-state index is 6.93. The molecule has 10 aromatic rings. The Hall–Kier alpha value is -7.16. The zero-order valence-corrected chi connectivity index (χ0v) is 31.9. The Morgan fingerprint density at radius 3 is 1.61 bits per heavy atom. The second kappa shape index (κ2) is 13.0. The average molecular weight is 730 g/mol. The number of rotatable bonds is 6. The molecule has 0 N–H and O–H groups in total. The van der Waals surface area contributed by atoms with Gasteiger partial charge in [-0.2, -0.15) is 0 Å². The van der Waals surface area contributed by atoms with Gasteiger partial charge in [-0.25, -0.2) is 0 Å². The molecule has 1 aromatic heterocycles. The van der Waals surface area contributed by atoms with Crippen LogP contribution in [-0.2, 0) is 5.41 Å². The highest BCUT2D eigenvalue weighted by Crippen LogP contribution is 2.52. The van der Waals surface area contributed by atoms with E-state index in [0.717, 1.165) is 60.9 Å². The monoisotopic (exact) mass is 729 g/mol. The van der Waals surface area contributed by atoms with Crippen LogP contribution >= 0.6 is 0 Å². The van der Waals surface area contributed by atoms with Gasteiger partial charge in [-0.1, -0.05) is 172 Å². The molecule has 11 rings (SSSR count). The van der Waals surface area contributed by atoms with E-state index < -0.39 is 0 Å². The van der Waals surface area contributed by atoms with E-state index in [1.54, 1.807) is 0 Å². The number of hydrogen-bond acceptors (Lipinski definition) is 2. The van der Waals surface area contributed by atoms with E-state index in [0.29, 0.717) is 0 Å². The molecule has 0 saturated carbocycles. The predicted octanol–water partition coefficient (Wildman–Crippen LogP) is 15.5. The molecule has 1 aliphatic carbocycles. The van der Waals surface area contributed by atoms with Crippen molar-refractivity contribution in [1.82, 2.24) is 0 Å². The lowest BCUT2D eigenvalue weighted by Gasteiger charge is -2.29. The van der Waals surface area contributed by atoms with Crippen LogP contribution in [0.1, 0.15) is 25.0 Å². The summed E-state index contributed by atoms with van der Waals surface area (Å²) in [5.74, 6) is 0. The molecule has 0 atom stereocenters. The summed E-state index contributed by atoms with van der Waals surface area (Å²) in [5.41, 5.74) is 17.4. The van der Waals surface area contributed by atoms with E-state index >= 15 is 0 Å². The Morgan fingerprint density at radius 2 is 0.912 bits per heavy atom. The summed E-state index contributed by atoms with van der Waals surface area (Å²) in [4.78, 5) is 2.45. The molecule has 0 amide bonds. The highest BCUT2D eigenvalue weighted by atomic mass is 16.3. The van der Waals surface area contributed by atoms with E-state index in [-0.39, 0.29) is 5.41 Å². The summed E-state index contributed by atoms with van der Waals surface area (Å²) in [7, 11) is 0. The molecule has 0 bridgehead atoms. The third-order valence-corrected chi connectivity index (χ3v) is 12.1. The first kappa shape index (κ1) is 33.2. The summed E-state index contributed by atoms with van der Waals surface area (Å²) in [6, 6.07) is 72.5. The standard InChI is InChI=1S/C55H39NO/c1-55(2)50-25-15-14-22-42(50)43-31-30-41(32-51(43)55)56(40-28-26-37(27-29-40)36-16-6-3-7-17-36)52-34-49-48-33-46(38-18-8-4-9-19-38)47(39-20-10-5-11-21-39)35-53(48)57-54(49)45-24-13-12-23-44(45)52/h3-35H,1-2H3. The molecule has 0 fully saturated rings. The van der Waals surface area contributed by atoms with Crippen LogP contribution in [0.15, 0.2) is 205 Å². The van der Waals surface area contributed by atoms with Gasteiger partial charge >= 0.3 is 0 Å². The molecule has 0 radical (unpaired) electrons. The largest absolute Gasteiger partial charge is 0.455 e. The zero-order valence-electron chi connectivity index (χ0n) is 31.9. The Morgan fingerprint density at radius 1 is 0.368 bits per heavy atom. The van der Waals surface area contributed by atoms with Gasteiger partial charge in [-0.05, 0) is 98.1 Å². The highest BCUT2D eigenvalue weighted by Gasteiger charge is 2.36. The van der Waals surface area contributed by atoms with Crippen molar-refractivity contribution in [1.29, 1.82) is 0 Å². The quantitative estimate of drug-likeness (QED) is 0.169. The van der Waals surface area contributed by atoms with Crippen molar-refractivity contribution in [3.63, 3.8) is 0 Å². The van der Waals surface area contributed by atoms with E-state index in [9.17, 15) is 0 Å². The molecule has 0 aliphatic heterocycles. The Bertz CT molecular complexity index is 3120. The molecule has 57 heavy (non-hydrogen) atoms. The molecule has 2 nitrogen and oxygen atoms in total. The fraction of sp³-hybridized carbons (Fsp3) is 0.0545. The summed E-state index contributed by atoms with van der Waals surface area (Å²) < 4.78 is 6.93. The maximum atomic E-state index is 6.93. The summed E-state index contributed by atoms with van der Waals surface area (Å²) in [6.45, 7) is 4.71. The van der Waals surface area contributed by atoms with Gasteiger partial charge in [-0.3, -0.25) is 0 Å². The Kier molecular flexibility index (Phi) is 7.55. The van der Waals surface area contributed by atoms with Crippen LogP contribution in [0, 0.1) is 0 Å². The van der Waals surface area contributed by atoms with Crippen LogP contribution in [0.3, 0.4) is 0 Å². The maximum Gasteiger partial charge on any atom is 0.143 e. The van der Waals surface area contributed by atoms with Crippen LogP contribution in [0.4, 0.5) is 17.1 Å². The van der Waals surface area contributed by atoms with E-state index in [1.807, 2.05) is 0 Å². The van der Waals surface area contributed by atoms with Crippen molar-refractivity contribution in [3.8, 4) is 44.5 Å². The third kappa shape index (κ3) is 5.33. The van der Waals surface area contributed by atoms with Gasteiger partial charge in [0.25, 0.3) is 0 Å². The van der Waals surface area contributed by atoms with Crippen molar-refractivity contribution in [3.05, 3.63) is 211 Å². The van der Waals surface area contributed by atoms with Gasteiger partial charge in [-0.15, -0.1) is 0 Å². The molecule has 0 spiro atoms. The van der Waals surface area contributed by atoms with Crippen molar-refractivity contribution >= 4 is 49.8 Å². The lowest BCUT2D eigenvalue weighted by molar-refractivity contribution is 0.660. The van der Waals surface area contributed by atoms with Crippen LogP contribution in [0.2, 0.25) is 0 Å². The fourth-order valence-electron chi connectivity index (χ4n) is 9.21. The van der Waals surface area contributed by atoms with Crippen molar-refractivity contribution in [2.24, 2.45) is 0 Å². The normalized spacial score (nSPS) is 12.9. The van der Waals surface area contributed by atoms with Gasteiger partial charge in [0.1, 0.15) is 11.2 Å². The summed E-state index contributed by atoms with van der Waals surface area (Å²) >= 11 is 0. The Balaban J connectivity index is 1.18. The van der Waals surface area contributed by atoms with E-state index in [2.05, 4.69) is 219 Å². The van der Waals surface area contributed by atoms with Crippen LogP contribution < -0.4 is 4.90 Å². The second-order valence-electron chi connectivity index (χ2n) is 15.7. The number of fused-ring (bicyclic) bond motifs is 8. The molecular formula is C55H39NO. The minimum Gasteiger partial charge on any atom is -0.455 e. The number of hydrogen-bond donors (Lipinski definition) is 0. The Labute approximate surface area is 332 Å². The topological polar surface area (TPSA) is 16.4 Å². The van der Waals surface area contributed by atoms with Crippen molar-refractivity contribution in [2.45, 2.75) is 19.3 Å². The zero-order chi connectivity index (χ0) is 38.1. The lowest BCUT2D eigenvalue weighted by Crippen LogP contribution is -2.16. The molecule has 1 aliphatic rings. The second-order valence-corrected chi connectivity index (χ2v) is 15.7. The minimum absolute atomic E-state index is 0.137. The van der Waals surface area contributed by atoms with Gasteiger partial charge in [0.05, 0.1) is 5.69 Å². The van der Waals surface area contributed by atoms with Crippen LogP contribution in [0.5, 0.6) is 0 Å². The number of furan rings is 1. The smallest absolute Gasteiger partial charge is 0.143 e. The van der Waals surface area contributed by atoms with Gasteiger partial charge in [0.2, 0.25) is 0 Å². The number of benzene rings is 9. The molecular weight excluding hydrogens is 691 g/mol. The molecule has 9 aromatic carbocycles. The lowest BCUT2D eigenvalue weighted by atomic mass is 9.82. The number of nitrogens with zero attached hydrogens (tertiary/aromatic N) is 1. The first-order valence-corrected chi connectivity index (χ1v) is 19.8. The van der Waals surface area contributed by atoms with E-state index in [4.69, 9.17) is 4.42 Å². The van der Waals surface area contributed by atoms with Crippen molar-refractivity contribution in [2.75, 3.05) is 4.90 Å². The van der Waals surface area contributed by atoms with Gasteiger partial charge in [0.15, 0.2) is 0 Å². The summed E-state index contributed by atoms with van der Waals surface area (Å²) in [6.07, 6.45) is 0. The number of anilines is 3. The minimum atomic E-state index is -0.137. The third-order valence-electron chi connectivity index (χ3n) is 12.1. The fourth-order valence-corrected chi connectivity index (χ4v) is 9.21. The average Bonchev–Trinajstić information content (AvgIpc) is 3.75. The van der Waals surface area contributed by atoms with Gasteiger partial charge < -0.3 is 9.32 Å². The van der Waals surface area contributed by atoms with Crippen LogP contribution in [-0.4, -0.2) is 0 Å². The summed E-state index contributed by atoms with van der Waals surface area (Å²) in [5, 5.41) is 4.41. The molecule has 2 heteroatoms. The predicted molar refractivity (Wildman–Crippen MR) is 240 cm³/mol. The first-order valence-electron chi connectivity index (χ1n) is 19.8.